The first-order valence-electron chi connectivity index (χ1n) is 7.18. The highest BCUT2D eigenvalue weighted by Crippen LogP contribution is 2.29. The number of anilines is 1. The molecule has 1 unspecified atom stereocenters. The van der Waals surface area contributed by atoms with Crippen molar-refractivity contribution in [2.24, 2.45) is 5.92 Å². The van der Waals surface area contributed by atoms with E-state index in [0.29, 0.717) is 24.6 Å². The van der Waals surface area contributed by atoms with E-state index in [4.69, 9.17) is 11.7 Å². The lowest BCUT2D eigenvalue weighted by Crippen LogP contribution is -2.25. The number of hydrogen-bond acceptors (Lipinski definition) is 5. The van der Waals surface area contributed by atoms with Crippen LogP contribution in [0.15, 0.2) is 30.5 Å². The molecule has 23 heavy (non-hydrogen) atoms. The van der Waals surface area contributed by atoms with E-state index in [-0.39, 0.29) is 11.8 Å². The normalized spacial score (nSPS) is 16.6. The average molecular weight is 322 g/mol. The third-order valence-corrected chi connectivity index (χ3v) is 4.73. The van der Waals surface area contributed by atoms with Gasteiger partial charge in [0.2, 0.25) is 5.91 Å². The number of carbonyl (C=O) groups excluding carboxylic acids is 1. The van der Waals surface area contributed by atoms with Crippen molar-refractivity contribution < 1.29 is 4.79 Å². The maximum atomic E-state index is 12.2. The van der Waals surface area contributed by atoms with Crippen LogP contribution in [0.2, 0.25) is 0 Å². The van der Waals surface area contributed by atoms with E-state index < -0.39 is 0 Å². The molecule has 1 atom stereocenters. The van der Waals surface area contributed by atoms with Crippen LogP contribution in [0, 0.1) is 29.7 Å². The number of terminal acetylenes is 1. The summed E-state index contributed by atoms with van der Waals surface area (Å²) in [5.74, 6) is 2.35. The van der Waals surface area contributed by atoms with Crippen LogP contribution in [0.1, 0.15) is 12.0 Å². The fourth-order valence-electron chi connectivity index (χ4n) is 2.47. The van der Waals surface area contributed by atoms with Crippen molar-refractivity contribution in [3.63, 3.8) is 0 Å². The van der Waals surface area contributed by atoms with Gasteiger partial charge in [-0.1, -0.05) is 29.4 Å². The maximum absolute atomic E-state index is 12.2. The van der Waals surface area contributed by atoms with Gasteiger partial charge in [0.05, 0.1) is 10.8 Å². The molecule has 1 fully saturated rings. The summed E-state index contributed by atoms with van der Waals surface area (Å²) in [5, 5.41) is 12.3. The van der Waals surface area contributed by atoms with E-state index in [0.717, 1.165) is 16.0 Å². The number of amides is 1. The van der Waals surface area contributed by atoms with E-state index in [1.54, 1.807) is 11.1 Å². The number of nitrogens with zero attached hydrogens (tertiary/aromatic N) is 3. The Balaban J connectivity index is 1.66. The predicted octanol–water partition coefficient (Wildman–Crippen LogP) is 2.53. The van der Waals surface area contributed by atoms with Crippen LogP contribution in [0.25, 0.3) is 10.4 Å². The minimum absolute atomic E-state index is 0.0775. The topological polar surface area (TPSA) is 69.0 Å². The van der Waals surface area contributed by atoms with Gasteiger partial charge in [-0.15, -0.1) is 6.42 Å². The molecule has 6 heteroatoms. The third kappa shape index (κ3) is 3.33. The first-order valence-corrected chi connectivity index (χ1v) is 7.99. The molecule has 0 bridgehead atoms. The van der Waals surface area contributed by atoms with Crippen molar-refractivity contribution in [2.45, 2.75) is 6.42 Å². The average Bonchev–Trinajstić information content (AvgIpc) is 3.24. The zero-order valence-corrected chi connectivity index (χ0v) is 13.1. The largest absolute Gasteiger partial charge is 0.310 e. The molecule has 1 amide bonds. The summed E-state index contributed by atoms with van der Waals surface area (Å²) in [5.41, 5.74) is 1.84. The van der Waals surface area contributed by atoms with Gasteiger partial charge in [-0.2, -0.15) is 5.26 Å². The SMILES string of the molecule is C#Cc1ccc(-c2cnc(NC(=O)C3CCN(C#N)C3)s2)cc1. The Hall–Kier alpha value is -2.83. The molecule has 5 nitrogen and oxygen atoms in total. The molecule has 2 heterocycles. The smallest absolute Gasteiger partial charge is 0.231 e. The maximum Gasteiger partial charge on any atom is 0.231 e. The predicted molar refractivity (Wildman–Crippen MR) is 89.4 cm³/mol. The number of nitriles is 1. The zero-order chi connectivity index (χ0) is 16.2. The number of benzene rings is 1. The number of aromatic nitrogens is 1. The van der Waals surface area contributed by atoms with Crippen LogP contribution in [0.4, 0.5) is 5.13 Å². The van der Waals surface area contributed by atoms with Gasteiger partial charge in [0, 0.05) is 24.8 Å². The molecule has 3 rings (SSSR count). The highest BCUT2D eigenvalue weighted by Gasteiger charge is 2.28. The number of thiazole rings is 1. The first kappa shape index (κ1) is 15.1. The summed E-state index contributed by atoms with van der Waals surface area (Å²) in [6, 6.07) is 7.64. The Labute approximate surface area is 138 Å². The van der Waals surface area contributed by atoms with Gasteiger partial charge in [-0.05, 0) is 24.1 Å². The Morgan fingerprint density at radius 2 is 2.22 bits per heavy atom. The van der Waals surface area contributed by atoms with Crippen LogP contribution in [0.3, 0.4) is 0 Å². The molecule has 0 aliphatic carbocycles. The fourth-order valence-corrected chi connectivity index (χ4v) is 3.29. The van der Waals surface area contributed by atoms with Crippen molar-refractivity contribution in [1.82, 2.24) is 9.88 Å². The summed E-state index contributed by atoms with van der Waals surface area (Å²) in [7, 11) is 0. The Bertz CT molecular complexity index is 797. The number of carbonyl (C=O) groups is 1. The lowest BCUT2D eigenvalue weighted by Gasteiger charge is -2.08. The lowest BCUT2D eigenvalue weighted by atomic mass is 10.1. The third-order valence-electron chi connectivity index (χ3n) is 3.77. The minimum atomic E-state index is -0.156. The highest BCUT2D eigenvalue weighted by atomic mass is 32.1. The number of nitrogens with one attached hydrogen (secondary N) is 1. The van der Waals surface area contributed by atoms with Crippen molar-refractivity contribution in [3.8, 4) is 29.0 Å². The molecule has 1 aliphatic rings. The number of likely N-dealkylation sites (tertiary alicyclic amines) is 1. The molecule has 114 valence electrons. The van der Waals surface area contributed by atoms with E-state index in [1.165, 1.54) is 11.3 Å². The summed E-state index contributed by atoms with van der Waals surface area (Å²) >= 11 is 1.42. The van der Waals surface area contributed by atoms with Gasteiger partial charge in [0.1, 0.15) is 0 Å². The summed E-state index contributed by atoms with van der Waals surface area (Å²) in [6.07, 6.45) is 9.86. The molecule has 0 saturated carbocycles. The van der Waals surface area contributed by atoms with Gasteiger partial charge < -0.3 is 10.2 Å². The van der Waals surface area contributed by atoms with Crippen molar-refractivity contribution in [1.29, 1.82) is 5.26 Å². The van der Waals surface area contributed by atoms with Crippen molar-refractivity contribution in [2.75, 3.05) is 18.4 Å². The molecule has 0 spiro atoms. The molecule has 1 aliphatic heterocycles. The second-order valence-electron chi connectivity index (χ2n) is 5.27. The van der Waals surface area contributed by atoms with Crippen molar-refractivity contribution in [3.05, 3.63) is 36.0 Å². The van der Waals surface area contributed by atoms with E-state index in [9.17, 15) is 4.79 Å². The van der Waals surface area contributed by atoms with Crippen LogP contribution in [-0.4, -0.2) is 28.9 Å². The number of hydrogen-bond donors (Lipinski definition) is 1. The van der Waals surface area contributed by atoms with Gasteiger partial charge in [0.15, 0.2) is 11.3 Å². The zero-order valence-electron chi connectivity index (χ0n) is 12.3. The Kier molecular flexibility index (Phi) is 4.27. The van der Waals surface area contributed by atoms with Gasteiger partial charge in [-0.3, -0.25) is 4.79 Å². The first-order chi connectivity index (χ1) is 11.2. The Morgan fingerprint density at radius 1 is 1.43 bits per heavy atom. The highest BCUT2D eigenvalue weighted by molar-refractivity contribution is 7.19. The molecule has 1 aromatic heterocycles. The van der Waals surface area contributed by atoms with Crippen molar-refractivity contribution >= 4 is 22.4 Å². The molecule has 1 saturated heterocycles. The molecule has 1 N–H and O–H groups in total. The standard InChI is InChI=1S/C17H14N4OS/c1-2-12-3-5-13(6-4-12)15-9-19-17(23-15)20-16(22)14-7-8-21(10-14)11-18/h1,3-6,9,14H,7-8,10H2,(H,19,20,22). The van der Waals surface area contributed by atoms with Gasteiger partial charge in [0.25, 0.3) is 0 Å². The molecular formula is C17H14N4OS. The van der Waals surface area contributed by atoms with Gasteiger partial charge in [-0.25, -0.2) is 4.98 Å². The van der Waals surface area contributed by atoms with Crippen LogP contribution >= 0.6 is 11.3 Å². The molecular weight excluding hydrogens is 308 g/mol. The van der Waals surface area contributed by atoms with E-state index in [1.807, 2.05) is 24.3 Å². The van der Waals surface area contributed by atoms with Crippen LogP contribution in [-0.2, 0) is 4.79 Å². The Morgan fingerprint density at radius 3 is 2.87 bits per heavy atom. The monoisotopic (exact) mass is 322 g/mol. The second kappa shape index (κ2) is 6.51. The quantitative estimate of drug-likeness (QED) is 0.696. The van der Waals surface area contributed by atoms with Crippen LogP contribution in [0.5, 0.6) is 0 Å². The van der Waals surface area contributed by atoms with E-state index >= 15 is 0 Å². The summed E-state index contributed by atoms with van der Waals surface area (Å²) < 4.78 is 0. The summed E-state index contributed by atoms with van der Waals surface area (Å²) in [4.78, 5) is 19.0. The second-order valence-corrected chi connectivity index (χ2v) is 6.30. The lowest BCUT2D eigenvalue weighted by molar-refractivity contribution is -0.119. The fraction of sp³-hybridized carbons (Fsp3) is 0.235. The summed E-state index contributed by atoms with van der Waals surface area (Å²) in [6.45, 7) is 1.12. The minimum Gasteiger partial charge on any atom is -0.310 e. The van der Waals surface area contributed by atoms with Gasteiger partial charge >= 0.3 is 0 Å². The molecule has 1 aromatic carbocycles. The number of rotatable bonds is 3. The molecule has 0 radical (unpaired) electrons. The molecule has 2 aromatic rings. The van der Waals surface area contributed by atoms with Crippen LogP contribution < -0.4 is 5.32 Å². The van der Waals surface area contributed by atoms with E-state index in [2.05, 4.69) is 22.4 Å².